The van der Waals surface area contributed by atoms with Crippen LogP contribution in [0, 0.1) is 0 Å². The molecule has 7 aromatic rings. The number of halogens is 2. The number of benzene rings is 3. The second-order valence-electron chi connectivity index (χ2n) is 20.0. The number of esters is 4. The SMILES string of the molecule is CCOC(=O)CC.CCOC(=O)c1nnc(Cl)s1.CCOC(=O)c1nnc(Nc2ccc(N3CCN(C)CC3)cc2OC)s1.CCOC(=O)c1nnsc1Cl.COc1cc(N2CCN(C)CC2)ccc1N.COc1cc(N2CCN(C)CC2)ccc1Nc1nnc(C(=O)O)s1.O.[Li+].[OH-]. The Kier molecular flexibility index (Phi) is 40.5. The molecule has 3 aliphatic rings. The van der Waals surface area contributed by atoms with Gasteiger partial charge in [-0.15, -0.1) is 35.7 Å². The molecule has 32 nitrogen and oxygen atoms in total. The van der Waals surface area contributed by atoms with Gasteiger partial charge in [0.05, 0.1) is 64.8 Å². The summed E-state index contributed by atoms with van der Waals surface area (Å²) in [5, 5.41) is 42.2. The third-order valence-corrected chi connectivity index (χ3v) is 17.1. The van der Waals surface area contributed by atoms with E-state index >= 15 is 0 Å². The summed E-state index contributed by atoms with van der Waals surface area (Å²) in [5.74, 6) is -0.511. The largest absolute Gasteiger partial charge is 1.00 e. The third kappa shape index (κ3) is 28.3. The van der Waals surface area contributed by atoms with Crippen molar-refractivity contribution in [3.8, 4) is 17.2 Å². The summed E-state index contributed by atoms with van der Waals surface area (Å²) < 4.78 is 39.0. The summed E-state index contributed by atoms with van der Waals surface area (Å²) >= 11 is 15.1. The molecule has 0 saturated carbocycles. The number of hydrogen-bond donors (Lipinski definition) is 4. The van der Waals surface area contributed by atoms with Crippen molar-refractivity contribution < 1.29 is 92.1 Å². The number of ether oxygens (including phenoxy) is 7. The van der Waals surface area contributed by atoms with E-state index in [9.17, 15) is 24.0 Å². The van der Waals surface area contributed by atoms with Crippen LogP contribution >= 0.6 is 68.7 Å². The fourth-order valence-corrected chi connectivity index (χ4v) is 11.0. The number of hydrogen-bond acceptors (Lipinski definition) is 34. The number of carboxylic acids is 1. The molecule has 39 heteroatoms. The Hall–Kier alpha value is -7.57. The maximum Gasteiger partial charge on any atom is 1.00 e. The first-order chi connectivity index (χ1) is 45.7. The number of anilines is 8. The van der Waals surface area contributed by atoms with Gasteiger partial charge in [-0.1, -0.05) is 57.0 Å². The molecule has 0 radical (unpaired) electrons. The van der Waals surface area contributed by atoms with E-state index in [-0.39, 0.29) is 65.3 Å². The van der Waals surface area contributed by atoms with E-state index in [2.05, 4.69) is 128 Å². The quantitative estimate of drug-likeness (QED) is 0.0369. The van der Waals surface area contributed by atoms with Gasteiger partial charge in [-0.3, -0.25) is 4.79 Å². The topological polar surface area (TPSA) is 404 Å². The number of rotatable bonds is 19. The average molecular weight is 1480 g/mol. The minimum absolute atomic E-state index is 0. The fraction of sp³-hybridized carbons (Fsp3) is 0.475. The number of nitrogen functional groups attached to an aromatic ring is 1. The van der Waals surface area contributed by atoms with Crippen molar-refractivity contribution in [1.29, 1.82) is 0 Å². The van der Waals surface area contributed by atoms with Crippen LogP contribution in [0.2, 0.25) is 8.80 Å². The van der Waals surface area contributed by atoms with Gasteiger partial charge in [0.15, 0.2) is 0 Å². The van der Waals surface area contributed by atoms with Crippen LogP contribution in [-0.4, -0.2) is 248 Å². The van der Waals surface area contributed by atoms with Crippen molar-refractivity contribution in [3.63, 3.8) is 0 Å². The standard InChI is InChI=1S/C17H23N5O3S.C15H19N5O3S.C12H19N3O.2C5H5ClN2O2S.C5H10O2.Li.2H2O/c1-4-25-16(23)15-19-20-17(26-15)18-13-6-5-12(11-14(13)24-3)22-9-7-21(2)8-10-22;1-19-5-7-20(8-6-19)10-3-4-11(12(9-10)23-2)16-15-18-17-13(24-15)14(21)22;1-14-5-7-15(8-6-14)10-3-4-11(13)12(9-10)16-2;1-2-10-4(9)3-7-8-5(6)11-3;1-2-10-5(9)3-4(6)11-8-7-3;1-3-5(6)7-4-2;;;/h5-6,11H,4,7-10H2,1-3H3,(H,18,20);3-4,9H,5-8H2,1-2H3,(H,16,18)(H,21,22);3-4,9H,5-8,13H2,1-2H3;2*2H2,1H3;3-4H2,1-2H3;;2*1H2/q;;;;;;+1;;/p-1. The van der Waals surface area contributed by atoms with Gasteiger partial charge in [-0.05, 0) is 96.8 Å². The summed E-state index contributed by atoms with van der Waals surface area (Å²) in [5.41, 5.74) is 11.5. The van der Waals surface area contributed by atoms with Crippen molar-refractivity contribution >= 4 is 143 Å². The Labute approximate surface area is 606 Å². The van der Waals surface area contributed by atoms with E-state index in [4.69, 9.17) is 53.0 Å². The number of aromatic carboxylic acids is 1. The second kappa shape index (κ2) is 45.9. The number of methoxy groups -OCH3 is 3. The minimum Gasteiger partial charge on any atom is -0.870 e. The molecule has 0 unspecified atom stereocenters. The predicted octanol–water partition coefficient (Wildman–Crippen LogP) is 4.69. The molecule has 4 aromatic heterocycles. The number of nitrogens with zero attached hydrogens (tertiary/aromatic N) is 14. The molecule has 0 bridgehead atoms. The molecule has 8 N–H and O–H groups in total. The molecule has 7 heterocycles. The zero-order valence-electron chi connectivity index (χ0n) is 56.7. The smallest absolute Gasteiger partial charge is 0.870 e. The van der Waals surface area contributed by atoms with Gasteiger partial charge in [0.25, 0.3) is 0 Å². The van der Waals surface area contributed by atoms with Crippen LogP contribution in [0.15, 0.2) is 54.6 Å². The van der Waals surface area contributed by atoms with E-state index < -0.39 is 23.9 Å². The summed E-state index contributed by atoms with van der Waals surface area (Å²) in [6.07, 6.45) is 0.480. The summed E-state index contributed by atoms with van der Waals surface area (Å²) in [6.45, 7) is 22.6. The zero-order chi connectivity index (χ0) is 69.4. The van der Waals surface area contributed by atoms with Gasteiger partial charge in [-0.2, -0.15) is 0 Å². The van der Waals surface area contributed by atoms with Crippen LogP contribution in [0.4, 0.5) is 44.4 Å². The molecule has 10 rings (SSSR count). The molecule has 3 aliphatic heterocycles. The van der Waals surface area contributed by atoms with E-state index in [1.807, 2.05) is 42.5 Å². The maximum atomic E-state index is 11.7. The fourth-order valence-electron chi connectivity index (χ4n) is 8.43. The number of nitrogens with one attached hydrogen (secondary N) is 2. The van der Waals surface area contributed by atoms with Crippen LogP contribution in [0.25, 0.3) is 0 Å². The van der Waals surface area contributed by atoms with Crippen molar-refractivity contribution in [2.24, 2.45) is 0 Å². The van der Waals surface area contributed by atoms with Gasteiger partial charge < -0.3 is 95.0 Å². The third-order valence-electron chi connectivity index (χ3n) is 13.5. The first-order valence-electron chi connectivity index (χ1n) is 29.9. The number of carbonyl (C=O) groups is 5. The molecular formula is C59H84Cl2LiN17O15S4. The Morgan fingerprint density at radius 2 is 0.898 bits per heavy atom. The molecule has 3 fully saturated rings. The molecule has 3 saturated heterocycles. The van der Waals surface area contributed by atoms with Gasteiger partial charge in [-0.25, -0.2) is 19.2 Å². The summed E-state index contributed by atoms with van der Waals surface area (Å²) in [6, 6.07) is 17.9. The zero-order valence-corrected chi connectivity index (χ0v) is 61.5. The van der Waals surface area contributed by atoms with Gasteiger partial charge >= 0.3 is 48.7 Å². The van der Waals surface area contributed by atoms with Gasteiger partial charge in [0.1, 0.15) is 21.6 Å². The summed E-state index contributed by atoms with van der Waals surface area (Å²) in [4.78, 5) is 68.6. The molecule has 0 aliphatic carbocycles. The van der Waals surface area contributed by atoms with Crippen molar-refractivity contribution in [3.05, 3.63) is 84.1 Å². The molecular weight excluding hydrogens is 1390 g/mol. The number of nitrogens with two attached hydrogens (primary N) is 1. The number of carboxylic acid groups (broad SMARTS) is 1. The second-order valence-corrected chi connectivity index (χ2v) is 24.9. The number of aromatic nitrogens is 8. The van der Waals surface area contributed by atoms with Gasteiger partial charge in [0, 0.05) is 132 Å². The van der Waals surface area contributed by atoms with Crippen molar-refractivity contribution in [2.75, 3.05) is 179 Å². The molecule has 98 heavy (non-hydrogen) atoms. The average Bonchev–Trinajstić information content (AvgIpc) is 1.65. The van der Waals surface area contributed by atoms with Crippen LogP contribution in [0.5, 0.6) is 17.2 Å². The van der Waals surface area contributed by atoms with Crippen molar-refractivity contribution in [2.45, 2.75) is 41.0 Å². The monoisotopic (exact) mass is 1480 g/mol. The van der Waals surface area contributed by atoms with Crippen LogP contribution in [-0.2, 0) is 23.7 Å². The van der Waals surface area contributed by atoms with Gasteiger partial charge in [0.2, 0.25) is 35.4 Å². The summed E-state index contributed by atoms with van der Waals surface area (Å²) in [7, 11) is 11.3. The van der Waals surface area contributed by atoms with Crippen LogP contribution < -0.4 is 64.1 Å². The number of piperazine rings is 3. The first-order valence-corrected chi connectivity index (χ1v) is 33.8. The first kappa shape index (κ1) is 86.5. The minimum atomic E-state index is -1.09. The van der Waals surface area contributed by atoms with E-state index in [0.29, 0.717) is 60.3 Å². The Bertz CT molecular complexity index is 3520. The maximum absolute atomic E-state index is 11.7. The predicted molar refractivity (Wildman–Crippen MR) is 376 cm³/mol. The Morgan fingerprint density at radius 3 is 1.24 bits per heavy atom. The molecule has 0 spiro atoms. The van der Waals surface area contributed by atoms with Crippen molar-refractivity contribution in [1.82, 2.24) is 54.9 Å². The number of likely N-dealkylation sites (N-methyl/N-ethyl adjacent to an activating group) is 3. The van der Waals surface area contributed by atoms with Crippen LogP contribution in [0.1, 0.15) is 80.9 Å². The molecule has 3 aromatic carbocycles. The van der Waals surface area contributed by atoms with Crippen LogP contribution in [0.3, 0.4) is 0 Å². The Balaban J connectivity index is 0.000000418. The normalized spacial score (nSPS) is 13.3. The number of carbonyl (C=O) groups excluding carboxylic acids is 4. The molecule has 534 valence electrons. The van der Waals surface area contributed by atoms with E-state index in [1.165, 1.54) is 5.69 Å². The van der Waals surface area contributed by atoms with E-state index in [0.717, 1.165) is 153 Å². The molecule has 0 atom stereocenters. The molecule has 0 amide bonds. The van der Waals surface area contributed by atoms with E-state index in [1.54, 1.807) is 55.9 Å². The Morgan fingerprint density at radius 1 is 0.520 bits per heavy atom.